The Morgan fingerprint density at radius 1 is 1.08 bits per heavy atom. The monoisotopic (exact) mass is 508 g/mol. The zero-order valence-electron chi connectivity index (χ0n) is 20.6. The number of thioether (sulfide) groups is 1. The van der Waals surface area contributed by atoms with Crippen molar-refractivity contribution in [1.82, 2.24) is 30.8 Å². The van der Waals surface area contributed by atoms with Crippen LogP contribution < -0.4 is 16.0 Å². The lowest BCUT2D eigenvalue weighted by Crippen LogP contribution is -2.36. The van der Waals surface area contributed by atoms with Crippen LogP contribution in [-0.4, -0.2) is 69.5 Å². The molecule has 2 saturated heterocycles. The molecule has 9 heteroatoms. The van der Waals surface area contributed by atoms with E-state index >= 15 is 0 Å². The van der Waals surface area contributed by atoms with Crippen LogP contribution in [0.1, 0.15) is 43.5 Å². The summed E-state index contributed by atoms with van der Waals surface area (Å²) in [7, 11) is 0. The molecule has 2 aliphatic heterocycles. The number of pyridine rings is 2. The Bertz CT molecular complexity index is 990. The highest BCUT2D eigenvalue weighted by atomic mass is 32.2. The second-order valence-corrected chi connectivity index (χ2v) is 10.5. The van der Waals surface area contributed by atoms with Crippen molar-refractivity contribution in [1.29, 1.82) is 0 Å². The van der Waals surface area contributed by atoms with Crippen molar-refractivity contribution in [2.75, 3.05) is 25.4 Å². The molecule has 8 nitrogen and oxygen atoms in total. The number of hydrogen-bond donors (Lipinski definition) is 3. The predicted octanol–water partition coefficient (Wildman–Crippen LogP) is 3.22. The number of carbonyl (C=O) groups excluding carboxylic acids is 2. The first-order chi connectivity index (χ1) is 17.7. The summed E-state index contributed by atoms with van der Waals surface area (Å²) < 4.78 is 0. The van der Waals surface area contributed by atoms with Crippen molar-refractivity contribution in [2.45, 2.75) is 55.9 Å². The van der Waals surface area contributed by atoms with Gasteiger partial charge in [-0.05, 0) is 49.6 Å². The summed E-state index contributed by atoms with van der Waals surface area (Å²) >= 11 is 1.92. The number of amides is 3. The van der Waals surface area contributed by atoms with E-state index in [-0.39, 0.29) is 24.0 Å². The molecule has 2 aromatic heterocycles. The van der Waals surface area contributed by atoms with E-state index < -0.39 is 0 Å². The van der Waals surface area contributed by atoms with Gasteiger partial charge in [0.1, 0.15) is 0 Å². The molecule has 4 heterocycles. The van der Waals surface area contributed by atoms with Gasteiger partial charge in [-0.15, -0.1) is 0 Å². The summed E-state index contributed by atoms with van der Waals surface area (Å²) in [5.41, 5.74) is 1.99. The van der Waals surface area contributed by atoms with Crippen molar-refractivity contribution in [3.63, 3.8) is 0 Å². The third-order valence-electron chi connectivity index (χ3n) is 6.55. The maximum absolute atomic E-state index is 12.3. The maximum Gasteiger partial charge on any atom is 0.315 e. The minimum atomic E-state index is -0.0443. The summed E-state index contributed by atoms with van der Waals surface area (Å²) in [4.78, 5) is 34.8. The molecule has 2 fully saturated rings. The number of carbonyl (C=O) groups is 2. The normalized spacial score (nSPS) is 20.7. The smallest absolute Gasteiger partial charge is 0.315 e. The van der Waals surface area contributed by atoms with Gasteiger partial charge in [0.2, 0.25) is 5.91 Å². The third-order valence-corrected chi connectivity index (χ3v) is 8.06. The van der Waals surface area contributed by atoms with Crippen LogP contribution in [0.3, 0.4) is 0 Å². The predicted molar refractivity (Wildman–Crippen MR) is 144 cm³/mol. The molecule has 0 spiro atoms. The van der Waals surface area contributed by atoms with E-state index in [0.717, 1.165) is 62.3 Å². The zero-order valence-corrected chi connectivity index (χ0v) is 21.5. The Kier molecular flexibility index (Phi) is 10.0. The number of hydrogen-bond acceptors (Lipinski definition) is 6. The molecule has 192 valence electrons. The maximum atomic E-state index is 12.3. The quantitative estimate of drug-likeness (QED) is 0.268. The van der Waals surface area contributed by atoms with Gasteiger partial charge in [0, 0.05) is 67.8 Å². The van der Waals surface area contributed by atoms with Gasteiger partial charge >= 0.3 is 6.03 Å². The first kappa shape index (κ1) is 26.0. The van der Waals surface area contributed by atoms with Crippen LogP contribution in [-0.2, 0) is 11.2 Å². The lowest BCUT2D eigenvalue weighted by atomic mass is 10.0. The summed E-state index contributed by atoms with van der Waals surface area (Å²) in [6.45, 7) is 2.36. The minimum Gasteiger partial charge on any atom is -0.377 e. The summed E-state index contributed by atoms with van der Waals surface area (Å²) in [5.74, 6) is 1.09. The number of nitrogens with zero attached hydrogens (tertiary/aromatic N) is 3. The summed E-state index contributed by atoms with van der Waals surface area (Å²) in [6.07, 6.45) is 12.9. The highest BCUT2D eigenvalue weighted by Gasteiger charge is 2.42. The highest BCUT2D eigenvalue weighted by Crippen LogP contribution is 2.33. The SMILES string of the molecule is O=C(CCCC[C@@H]1SC[C@@H]2NC(=O)N[C@@H]21)NCCCN(/C=C\c1ccccn1)CCc1ccccn1. The molecular formula is C27H36N6O2S. The van der Waals surface area contributed by atoms with Gasteiger partial charge in [-0.2, -0.15) is 11.8 Å². The Morgan fingerprint density at radius 3 is 2.75 bits per heavy atom. The topological polar surface area (TPSA) is 99.2 Å². The average Bonchev–Trinajstić information content (AvgIpc) is 3.46. The molecule has 0 aromatic carbocycles. The molecule has 3 atom stereocenters. The zero-order chi connectivity index (χ0) is 25.0. The van der Waals surface area contributed by atoms with E-state index in [4.69, 9.17) is 0 Å². The van der Waals surface area contributed by atoms with E-state index in [9.17, 15) is 9.59 Å². The molecule has 36 heavy (non-hydrogen) atoms. The average molecular weight is 509 g/mol. The van der Waals surface area contributed by atoms with Crippen molar-refractivity contribution in [2.24, 2.45) is 0 Å². The van der Waals surface area contributed by atoms with Crippen LogP contribution in [0.25, 0.3) is 6.08 Å². The molecule has 0 unspecified atom stereocenters. The standard InChI is InChI=1S/C27H36N6O2S/c34-25(11-2-1-10-24-26-23(20-36-24)31-27(35)32-26)30-16-7-17-33(18-12-21-8-3-5-14-28-21)19-13-22-9-4-6-15-29-22/h3-6,8-9,12,14-15,18,23-24,26H,1-2,7,10-11,13,16-17,19-20H2,(H,30,34)(H2,31,32,35)/b18-12-/t23-,24-,26-/m0/s1. The van der Waals surface area contributed by atoms with Crippen LogP contribution in [0.2, 0.25) is 0 Å². The number of rotatable bonds is 14. The number of aromatic nitrogens is 2. The Balaban J connectivity index is 1.12. The second-order valence-electron chi connectivity index (χ2n) is 9.25. The fourth-order valence-electron chi connectivity index (χ4n) is 4.59. The van der Waals surface area contributed by atoms with Crippen molar-refractivity contribution < 1.29 is 9.59 Å². The first-order valence-corrected chi connectivity index (χ1v) is 13.9. The highest BCUT2D eigenvalue weighted by molar-refractivity contribution is 8.00. The third kappa shape index (κ3) is 8.26. The fraction of sp³-hybridized carbons (Fsp3) is 0.481. The molecule has 3 amide bonds. The van der Waals surface area contributed by atoms with Gasteiger partial charge < -0.3 is 20.9 Å². The van der Waals surface area contributed by atoms with Crippen LogP contribution in [0.4, 0.5) is 4.79 Å². The Hall–Kier alpha value is -3.07. The van der Waals surface area contributed by atoms with Crippen LogP contribution >= 0.6 is 11.8 Å². The van der Waals surface area contributed by atoms with Gasteiger partial charge in [0.05, 0.1) is 17.8 Å². The van der Waals surface area contributed by atoms with Gasteiger partial charge in [-0.3, -0.25) is 14.8 Å². The lowest BCUT2D eigenvalue weighted by Gasteiger charge is -2.20. The molecule has 3 N–H and O–H groups in total. The summed E-state index contributed by atoms with van der Waals surface area (Å²) in [6, 6.07) is 12.3. The van der Waals surface area contributed by atoms with E-state index in [1.807, 2.05) is 60.4 Å². The Morgan fingerprint density at radius 2 is 1.94 bits per heavy atom. The first-order valence-electron chi connectivity index (χ1n) is 12.9. The molecule has 2 aliphatic rings. The number of urea groups is 1. The molecule has 4 rings (SSSR count). The van der Waals surface area contributed by atoms with Crippen LogP contribution in [0.15, 0.2) is 55.0 Å². The van der Waals surface area contributed by atoms with Gasteiger partial charge in [-0.25, -0.2) is 4.79 Å². The molecule has 2 aromatic rings. The van der Waals surface area contributed by atoms with Crippen molar-refractivity contribution in [3.05, 3.63) is 66.4 Å². The molecular weight excluding hydrogens is 472 g/mol. The van der Waals surface area contributed by atoms with Crippen LogP contribution in [0, 0.1) is 0 Å². The largest absolute Gasteiger partial charge is 0.377 e. The van der Waals surface area contributed by atoms with E-state index in [1.165, 1.54) is 0 Å². The van der Waals surface area contributed by atoms with Gasteiger partial charge in [0.25, 0.3) is 0 Å². The fourth-order valence-corrected chi connectivity index (χ4v) is 6.14. The number of unbranched alkanes of at least 4 members (excludes halogenated alkanes) is 1. The lowest BCUT2D eigenvalue weighted by molar-refractivity contribution is -0.121. The van der Waals surface area contributed by atoms with E-state index in [1.54, 1.807) is 6.20 Å². The van der Waals surface area contributed by atoms with Crippen molar-refractivity contribution in [3.8, 4) is 0 Å². The van der Waals surface area contributed by atoms with E-state index in [2.05, 4.69) is 37.0 Å². The molecule has 0 saturated carbocycles. The van der Waals surface area contributed by atoms with Crippen LogP contribution in [0.5, 0.6) is 0 Å². The molecule has 0 bridgehead atoms. The minimum absolute atomic E-state index is 0.0443. The van der Waals surface area contributed by atoms with Gasteiger partial charge in [-0.1, -0.05) is 18.6 Å². The van der Waals surface area contributed by atoms with E-state index in [0.29, 0.717) is 18.2 Å². The summed E-state index contributed by atoms with van der Waals surface area (Å²) in [5, 5.41) is 9.53. The second kappa shape index (κ2) is 13.9. The number of fused-ring (bicyclic) bond motifs is 1. The van der Waals surface area contributed by atoms with Gasteiger partial charge in [0.15, 0.2) is 0 Å². The number of nitrogens with one attached hydrogen (secondary N) is 3. The Labute approximate surface area is 217 Å². The van der Waals surface area contributed by atoms with Crippen molar-refractivity contribution >= 4 is 29.8 Å². The molecule has 0 radical (unpaired) electrons. The molecule has 0 aliphatic carbocycles.